The number of hydrogen-bond donors (Lipinski definition) is 2. The molecule has 0 aliphatic heterocycles. The number of rotatable bonds is 7. The monoisotopic (exact) mass is 292 g/mol. The van der Waals surface area contributed by atoms with Gasteiger partial charge in [-0.25, -0.2) is 4.39 Å². The Bertz CT molecular complexity index is 609. The van der Waals surface area contributed by atoms with Gasteiger partial charge in [0.15, 0.2) is 0 Å². The molecule has 0 aliphatic carbocycles. The topological polar surface area (TPSA) is 56.3 Å². The molecule has 21 heavy (non-hydrogen) atoms. The summed E-state index contributed by atoms with van der Waals surface area (Å²) in [6, 6.07) is 4.50. The number of carbonyl (C=O) groups is 1. The molecule has 5 heteroatoms. The highest BCUT2D eigenvalue weighted by molar-refractivity contribution is 5.89. The molecule has 0 saturated heterocycles. The normalized spacial score (nSPS) is 11.0. The van der Waals surface area contributed by atoms with Gasteiger partial charge in [-0.05, 0) is 30.2 Å². The number of carbonyl (C=O) groups excluding carboxylic acids is 1. The smallest absolute Gasteiger partial charge is 0.227 e. The van der Waals surface area contributed by atoms with Crippen molar-refractivity contribution in [3.8, 4) is 0 Å². The van der Waals surface area contributed by atoms with Gasteiger partial charge in [0.1, 0.15) is 5.82 Å². The Morgan fingerprint density at radius 2 is 2.19 bits per heavy atom. The first kappa shape index (κ1) is 15.5. The molecule has 0 fully saturated rings. The summed E-state index contributed by atoms with van der Waals surface area (Å²) >= 11 is 0. The van der Waals surface area contributed by atoms with Crippen LogP contribution in [0.25, 0.3) is 10.9 Å². The number of H-pyrrole nitrogens is 1. The Morgan fingerprint density at radius 3 is 2.90 bits per heavy atom. The van der Waals surface area contributed by atoms with Crippen molar-refractivity contribution in [2.75, 3.05) is 19.7 Å². The first-order chi connectivity index (χ1) is 10.2. The van der Waals surface area contributed by atoms with E-state index in [2.05, 4.69) is 11.9 Å². The van der Waals surface area contributed by atoms with E-state index < -0.39 is 0 Å². The number of unbranched alkanes of at least 4 members (excludes halogenated alkanes) is 1. The molecule has 1 heterocycles. The highest BCUT2D eigenvalue weighted by Crippen LogP contribution is 2.20. The van der Waals surface area contributed by atoms with Gasteiger partial charge in [-0.1, -0.05) is 13.3 Å². The van der Waals surface area contributed by atoms with Gasteiger partial charge in [0.05, 0.1) is 13.0 Å². The number of nitrogens with zero attached hydrogens (tertiary/aromatic N) is 1. The molecule has 1 amide bonds. The van der Waals surface area contributed by atoms with Crippen molar-refractivity contribution in [1.82, 2.24) is 9.88 Å². The number of aliphatic hydroxyl groups is 1. The van der Waals surface area contributed by atoms with Crippen molar-refractivity contribution in [1.29, 1.82) is 0 Å². The molecule has 0 aliphatic rings. The van der Waals surface area contributed by atoms with Crippen LogP contribution in [-0.2, 0) is 11.2 Å². The van der Waals surface area contributed by atoms with Crippen LogP contribution in [0.3, 0.4) is 0 Å². The quantitative estimate of drug-likeness (QED) is 0.823. The maximum Gasteiger partial charge on any atom is 0.227 e. The third kappa shape index (κ3) is 3.82. The summed E-state index contributed by atoms with van der Waals surface area (Å²) in [5.41, 5.74) is 1.61. The van der Waals surface area contributed by atoms with Crippen molar-refractivity contribution >= 4 is 16.8 Å². The summed E-state index contributed by atoms with van der Waals surface area (Å²) in [6.45, 7) is 3.00. The van der Waals surface area contributed by atoms with Crippen LogP contribution in [0.15, 0.2) is 24.4 Å². The largest absolute Gasteiger partial charge is 0.395 e. The second-order valence-electron chi connectivity index (χ2n) is 5.14. The lowest BCUT2D eigenvalue weighted by Gasteiger charge is -2.21. The second-order valence-corrected chi connectivity index (χ2v) is 5.14. The zero-order chi connectivity index (χ0) is 15.2. The van der Waals surface area contributed by atoms with Gasteiger partial charge in [-0.2, -0.15) is 0 Å². The predicted molar refractivity (Wildman–Crippen MR) is 80.5 cm³/mol. The van der Waals surface area contributed by atoms with E-state index >= 15 is 0 Å². The minimum Gasteiger partial charge on any atom is -0.395 e. The maximum absolute atomic E-state index is 13.3. The molecule has 0 saturated carbocycles. The molecule has 114 valence electrons. The lowest BCUT2D eigenvalue weighted by molar-refractivity contribution is -0.131. The minimum atomic E-state index is -0.311. The lowest BCUT2D eigenvalue weighted by Crippen LogP contribution is -2.35. The lowest BCUT2D eigenvalue weighted by atomic mass is 10.1. The van der Waals surface area contributed by atoms with Crippen LogP contribution < -0.4 is 0 Å². The van der Waals surface area contributed by atoms with E-state index in [0.717, 1.165) is 29.3 Å². The average Bonchev–Trinajstić information content (AvgIpc) is 2.85. The third-order valence-corrected chi connectivity index (χ3v) is 3.58. The molecule has 0 radical (unpaired) electrons. The summed E-state index contributed by atoms with van der Waals surface area (Å²) < 4.78 is 13.3. The van der Waals surface area contributed by atoms with Crippen LogP contribution in [0, 0.1) is 5.82 Å². The van der Waals surface area contributed by atoms with Gasteiger partial charge in [0.2, 0.25) is 5.91 Å². The van der Waals surface area contributed by atoms with Crippen molar-refractivity contribution in [2.45, 2.75) is 26.2 Å². The van der Waals surface area contributed by atoms with Crippen molar-refractivity contribution in [2.24, 2.45) is 0 Å². The molecule has 2 rings (SSSR count). The highest BCUT2D eigenvalue weighted by atomic mass is 19.1. The molecular weight excluding hydrogens is 271 g/mol. The number of benzene rings is 1. The molecule has 4 nitrogen and oxygen atoms in total. The van der Waals surface area contributed by atoms with Crippen LogP contribution in [-0.4, -0.2) is 40.6 Å². The minimum absolute atomic E-state index is 0.0392. The Balaban J connectivity index is 2.13. The van der Waals surface area contributed by atoms with E-state index in [9.17, 15) is 9.18 Å². The number of nitrogens with one attached hydrogen (secondary N) is 1. The summed E-state index contributed by atoms with van der Waals surface area (Å²) in [5, 5.41) is 9.81. The third-order valence-electron chi connectivity index (χ3n) is 3.58. The number of aromatic amines is 1. The van der Waals surface area contributed by atoms with Gasteiger partial charge in [0, 0.05) is 30.2 Å². The van der Waals surface area contributed by atoms with Crippen LogP contribution in [0.2, 0.25) is 0 Å². The highest BCUT2D eigenvalue weighted by Gasteiger charge is 2.15. The molecule has 1 aromatic heterocycles. The Morgan fingerprint density at radius 1 is 1.38 bits per heavy atom. The number of aliphatic hydroxyl groups excluding tert-OH is 1. The molecule has 2 N–H and O–H groups in total. The van der Waals surface area contributed by atoms with Crippen molar-refractivity contribution in [3.05, 3.63) is 35.8 Å². The van der Waals surface area contributed by atoms with Gasteiger partial charge < -0.3 is 15.0 Å². The Labute approximate surface area is 123 Å². The van der Waals surface area contributed by atoms with Gasteiger partial charge in [-0.3, -0.25) is 4.79 Å². The Hall–Kier alpha value is -1.88. The van der Waals surface area contributed by atoms with Crippen molar-refractivity contribution in [3.63, 3.8) is 0 Å². The number of amides is 1. The molecular formula is C16H21FN2O2. The second kappa shape index (κ2) is 7.22. The summed E-state index contributed by atoms with van der Waals surface area (Å²) in [5.74, 6) is -0.350. The molecule has 2 aromatic rings. The van der Waals surface area contributed by atoms with E-state index in [-0.39, 0.29) is 24.8 Å². The maximum atomic E-state index is 13.3. The number of aromatic nitrogens is 1. The van der Waals surface area contributed by atoms with E-state index in [1.807, 2.05) is 0 Å². The van der Waals surface area contributed by atoms with Crippen LogP contribution in [0.4, 0.5) is 4.39 Å². The summed E-state index contributed by atoms with van der Waals surface area (Å²) in [7, 11) is 0. The molecule has 0 spiro atoms. The fraction of sp³-hybridized carbons (Fsp3) is 0.438. The van der Waals surface area contributed by atoms with Gasteiger partial charge in [0.25, 0.3) is 0 Å². The zero-order valence-electron chi connectivity index (χ0n) is 12.2. The molecule has 0 unspecified atom stereocenters. The van der Waals surface area contributed by atoms with E-state index in [4.69, 9.17) is 5.11 Å². The van der Waals surface area contributed by atoms with E-state index in [0.29, 0.717) is 13.1 Å². The predicted octanol–water partition coefficient (Wildman–Crippen LogP) is 2.47. The van der Waals surface area contributed by atoms with Gasteiger partial charge in [-0.15, -0.1) is 0 Å². The summed E-state index contributed by atoms with van der Waals surface area (Å²) in [6.07, 6.45) is 3.87. The fourth-order valence-corrected chi connectivity index (χ4v) is 2.40. The van der Waals surface area contributed by atoms with E-state index in [1.165, 1.54) is 12.1 Å². The number of hydrogen-bond acceptors (Lipinski definition) is 2. The number of fused-ring (bicyclic) bond motifs is 1. The summed E-state index contributed by atoms with van der Waals surface area (Å²) in [4.78, 5) is 17.1. The Kier molecular flexibility index (Phi) is 5.33. The van der Waals surface area contributed by atoms with Gasteiger partial charge >= 0.3 is 0 Å². The average molecular weight is 292 g/mol. The van der Waals surface area contributed by atoms with Crippen LogP contribution in [0.5, 0.6) is 0 Å². The zero-order valence-corrected chi connectivity index (χ0v) is 12.2. The first-order valence-electron chi connectivity index (χ1n) is 7.29. The molecule has 0 atom stereocenters. The molecule has 1 aromatic carbocycles. The number of halogens is 1. The van der Waals surface area contributed by atoms with Crippen LogP contribution >= 0.6 is 0 Å². The fourth-order valence-electron chi connectivity index (χ4n) is 2.40. The molecule has 0 bridgehead atoms. The van der Waals surface area contributed by atoms with Crippen molar-refractivity contribution < 1.29 is 14.3 Å². The SMILES string of the molecule is CCCCN(CCO)C(=O)Cc1c[nH]c2ccc(F)cc12. The first-order valence-corrected chi connectivity index (χ1v) is 7.29. The standard InChI is InChI=1S/C16H21FN2O2/c1-2-3-6-19(7-8-20)16(21)9-12-11-18-15-5-4-13(17)10-14(12)15/h4-5,10-11,18,20H,2-3,6-9H2,1H3. The van der Waals surface area contributed by atoms with E-state index in [1.54, 1.807) is 17.2 Å². The van der Waals surface area contributed by atoms with Crippen LogP contribution in [0.1, 0.15) is 25.3 Å².